The lowest BCUT2D eigenvalue weighted by atomic mass is 10.0. The highest BCUT2D eigenvalue weighted by Gasteiger charge is 2.22. The van der Waals surface area contributed by atoms with Crippen molar-refractivity contribution in [3.63, 3.8) is 0 Å². The first-order valence-electron chi connectivity index (χ1n) is 17.9. The molecule has 5 heteroatoms. The van der Waals surface area contributed by atoms with E-state index in [2.05, 4.69) is 137 Å². The van der Waals surface area contributed by atoms with Gasteiger partial charge in [-0.05, 0) is 77.9 Å². The molecule has 0 amide bonds. The van der Waals surface area contributed by atoms with Gasteiger partial charge in [0, 0.05) is 48.8 Å². The van der Waals surface area contributed by atoms with E-state index in [0.29, 0.717) is 5.39 Å². The number of aromatic nitrogens is 4. The Hall–Kier alpha value is -7.24. The molecule has 7 aromatic carbocycles. The maximum atomic E-state index is 13.9. The number of nitrogens with zero attached hydrogens (tertiary/aromatic N) is 4. The molecular weight excluding hydrogens is 649 g/mol. The molecule has 53 heavy (non-hydrogen) atoms. The number of pyridine rings is 2. The molecule has 0 radical (unpaired) electrons. The normalized spacial score (nSPS) is 12.2. The Labute approximate surface area is 302 Å². The quantitative estimate of drug-likeness (QED) is 0.175. The molecule has 0 unspecified atom stereocenters. The van der Waals surface area contributed by atoms with Crippen LogP contribution in [0.4, 0.5) is 0 Å². The van der Waals surface area contributed by atoms with Gasteiger partial charge < -0.3 is 4.57 Å². The van der Waals surface area contributed by atoms with E-state index >= 15 is 0 Å². The van der Waals surface area contributed by atoms with Crippen molar-refractivity contribution in [2.24, 2.45) is 0 Å². The van der Waals surface area contributed by atoms with Gasteiger partial charge in [0.2, 0.25) is 0 Å². The summed E-state index contributed by atoms with van der Waals surface area (Å²) in [6, 6.07) is 59.7. The third kappa shape index (κ3) is 3.80. The van der Waals surface area contributed by atoms with Gasteiger partial charge in [0.25, 0.3) is 5.56 Å². The van der Waals surface area contributed by atoms with E-state index in [1.165, 1.54) is 38.1 Å². The maximum Gasteiger partial charge on any atom is 0.263 e. The monoisotopic (exact) mass is 676 g/mol. The van der Waals surface area contributed by atoms with Crippen molar-refractivity contribution in [1.82, 2.24) is 18.5 Å². The standard InChI is InChI=1S/C48H28N4O/c53-48-36-18-5-4-17-35(36)46-47-39(34-16-8-11-21-42(34)52(47)48)28-45(49-46)51-41-20-10-7-15-33(41)38-27-30(23-25-44(38)51)29-22-24-43-37(26-29)32-14-6-9-19-40(32)50(43)31-12-2-1-3-13-31/h1-28H. The first kappa shape index (κ1) is 28.5. The lowest BCUT2D eigenvalue weighted by molar-refractivity contribution is 1.10. The van der Waals surface area contributed by atoms with E-state index in [1.54, 1.807) is 0 Å². The van der Waals surface area contributed by atoms with E-state index < -0.39 is 0 Å². The van der Waals surface area contributed by atoms with Crippen LogP contribution in [0.2, 0.25) is 0 Å². The first-order chi connectivity index (χ1) is 26.2. The molecule has 0 N–H and O–H groups in total. The number of hydrogen-bond donors (Lipinski definition) is 0. The smallest absolute Gasteiger partial charge is 0.263 e. The molecule has 0 aliphatic carbocycles. The van der Waals surface area contributed by atoms with Gasteiger partial charge in [-0.3, -0.25) is 13.8 Å². The minimum absolute atomic E-state index is 0.0129. The van der Waals surface area contributed by atoms with Gasteiger partial charge in [-0.15, -0.1) is 0 Å². The largest absolute Gasteiger partial charge is 0.309 e. The van der Waals surface area contributed by atoms with Crippen molar-refractivity contribution in [2.45, 2.75) is 0 Å². The SMILES string of the molecule is O=c1c2ccccc2c2nc(-n3c4ccccc4c4cc(-c5ccc6c(c5)c5ccccc5n6-c5ccccc5)ccc43)cc3c4ccccc4n1c32. The Morgan fingerprint density at radius 1 is 0.377 bits per heavy atom. The van der Waals surface area contributed by atoms with E-state index in [0.717, 1.165) is 60.8 Å². The molecule has 5 aromatic heterocycles. The second kappa shape index (κ2) is 10.4. The van der Waals surface area contributed by atoms with Crippen molar-refractivity contribution in [1.29, 1.82) is 0 Å². The van der Waals surface area contributed by atoms with Crippen LogP contribution in [0.1, 0.15) is 0 Å². The summed E-state index contributed by atoms with van der Waals surface area (Å²) in [5.74, 6) is 0.827. The molecule has 12 rings (SSSR count). The van der Waals surface area contributed by atoms with Gasteiger partial charge in [-0.2, -0.15) is 0 Å². The fraction of sp³-hybridized carbons (Fsp3) is 0. The van der Waals surface area contributed by atoms with Crippen molar-refractivity contribution in [3.8, 4) is 22.6 Å². The Morgan fingerprint density at radius 3 is 1.53 bits per heavy atom. The van der Waals surface area contributed by atoms with E-state index in [1.807, 2.05) is 46.9 Å². The molecular formula is C48H28N4O. The Kier molecular flexibility index (Phi) is 5.59. The van der Waals surface area contributed by atoms with Crippen LogP contribution in [0, 0.1) is 0 Å². The van der Waals surface area contributed by atoms with Crippen LogP contribution < -0.4 is 5.56 Å². The molecule has 0 spiro atoms. The van der Waals surface area contributed by atoms with Crippen molar-refractivity contribution in [2.75, 3.05) is 0 Å². The molecule has 0 bridgehead atoms. The summed E-state index contributed by atoms with van der Waals surface area (Å²) in [6.07, 6.45) is 0. The summed E-state index contributed by atoms with van der Waals surface area (Å²) in [4.78, 5) is 19.3. The maximum absolute atomic E-state index is 13.9. The van der Waals surface area contributed by atoms with E-state index in [9.17, 15) is 4.79 Å². The van der Waals surface area contributed by atoms with Gasteiger partial charge in [-0.25, -0.2) is 4.98 Å². The number of hydrogen-bond acceptors (Lipinski definition) is 2. The average Bonchev–Trinajstić information content (AvgIpc) is 3.86. The molecule has 5 heterocycles. The number of fused-ring (bicyclic) bond motifs is 11. The zero-order valence-electron chi connectivity index (χ0n) is 28.4. The van der Waals surface area contributed by atoms with Gasteiger partial charge in [0.15, 0.2) is 0 Å². The van der Waals surface area contributed by atoms with Crippen LogP contribution in [0.3, 0.4) is 0 Å². The zero-order chi connectivity index (χ0) is 34.8. The Morgan fingerprint density at radius 2 is 0.868 bits per heavy atom. The van der Waals surface area contributed by atoms with Gasteiger partial charge in [0.1, 0.15) is 5.82 Å². The van der Waals surface area contributed by atoms with Crippen LogP contribution in [0.15, 0.2) is 175 Å². The lowest BCUT2D eigenvalue weighted by Gasteiger charge is -2.11. The minimum atomic E-state index is -0.0129. The fourth-order valence-electron chi connectivity index (χ4n) is 8.89. The van der Waals surface area contributed by atoms with Crippen LogP contribution in [-0.4, -0.2) is 18.5 Å². The summed E-state index contributed by atoms with van der Waals surface area (Å²) in [7, 11) is 0. The molecule has 0 fully saturated rings. The lowest BCUT2D eigenvalue weighted by Crippen LogP contribution is -2.13. The van der Waals surface area contributed by atoms with Gasteiger partial charge >= 0.3 is 0 Å². The summed E-state index contributed by atoms with van der Waals surface area (Å²) in [5.41, 5.74) is 10.6. The highest BCUT2D eigenvalue weighted by Crippen LogP contribution is 2.40. The minimum Gasteiger partial charge on any atom is -0.309 e. The highest BCUT2D eigenvalue weighted by molar-refractivity contribution is 6.20. The summed E-state index contributed by atoms with van der Waals surface area (Å²) >= 11 is 0. The zero-order valence-corrected chi connectivity index (χ0v) is 28.4. The van der Waals surface area contributed by atoms with Crippen molar-refractivity contribution >= 4 is 81.7 Å². The number of benzene rings is 7. The average molecular weight is 677 g/mol. The van der Waals surface area contributed by atoms with E-state index in [-0.39, 0.29) is 5.56 Å². The Bertz CT molecular complexity index is 3530. The molecule has 12 aromatic rings. The third-order valence-electron chi connectivity index (χ3n) is 11.2. The summed E-state index contributed by atoms with van der Waals surface area (Å²) in [6.45, 7) is 0. The summed E-state index contributed by atoms with van der Waals surface area (Å²) in [5, 5.41) is 8.40. The predicted molar refractivity (Wildman–Crippen MR) is 219 cm³/mol. The number of rotatable bonds is 3. The number of para-hydroxylation sites is 4. The molecule has 5 nitrogen and oxygen atoms in total. The predicted octanol–water partition coefficient (Wildman–Crippen LogP) is 11.5. The van der Waals surface area contributed by atoms with Gasteiger partial charge in [-0.1, -0.05) is 103 Å². The van der Waals surface area contributed by atoms with Crippen molar-refractivity contribution in [3.05, 3.63) is 180 Å². The van der Waals surface area contributed by atoms with Crippen LogP contribution in [0.25, 0.3) is 104 Å². The van der Waals surface area contributed by atoms with Crippen LogP contribution in [-0.2, 0) is 0 Å². The van der Waals surface area contributed by atoms with Crippen LogP contribution >= 0.6 is 0 Å². The molecule has 0 saturated carbocycles. The molecule has 246 valence electrons. The van der Waals surface area contributed by atoms with E-state index in [4.69, 9.17) is 4.98 Å². The van der Waals surface area contributed by atoms with Crippen molar-refractivity contribution < 1.29 is 0 Å². The summed E-state index contributed by atoms with van der Waals surface area (Å²) < 4.78 is 6.49. The molecule has 0 aliphatic heterocycles. The third-order valence-corrected chi connectivity index (χ3v) is 11.2. The highest BCUT2D eigenvalue weighted by atomic mass is 16.1. The Balaban J connectivity index is 1.11. The molecule has 0 saturated heterocycles. The molecule has 0 aliphatic rings. The fourth-order valence-corrected chi connectivity index (χ4v) is 8.89. The topological polar surface area (TPSA) is 44.2 Å². The second-order valence-corrected chi connectivity index (χ2v) is 13.9. The second-order valence-electron chi connectivity index (χ2n) is 13.9. The molecule has 0 atom stereocenters. The van der Waals surface area contributed by atoms with Crippen LogP contribution in [0.5, 0.6) is 0 Å². The first-order valence-corrected chi connectivity index (χ1v) is 17.9. The van der Waals surface area contributed by atoms with Gasteiger partial charge in [0.05, 0.1) is 38.6 Å².